The van der Waals surface area contributed by atoms with Crippen molar-refractivity contribution in [3.05, 3.63) is 64.2 Å². The first kappa shape index (κ1) is 21.8. The van der Waals surface area contributed by atoms with Gasteiger partial charge in [-0.15, -0.1) is 0 Å². The number of hydrogen-bond donors (Lipinski definition) is 2. The zero-order valence-corrected chi connectivity index (χ0v) is 17.4. The summed E-state index contributed by atoms with van der Waals surface area (Å²) in [5.74, 6) is -0.466. The third kappa shape index (κ3) is 4.16. The zero-order valence-electron chi connectivity index (χ0n) is 17.4. The number of aromatic nitrogens is 1. The molecule has 1 aliphatic rings. The predicted molar refractivity (Wildman–Crippen MR) is 112 cm³/mol. The molecule has 3 N–H and O–H groups in total. The van der Waals surface area contributed by atoms with Crippen LogP contribution in [0.15, 0.2) is 53.1 Å². The molecule has 0 unspecified atom stereocenters. The Morgan fingerprint density at radius 3 is 2.69 bits per heavy atom. The molecule has 0 fully saturated rings. The topological polar surface area (TPSA) is 110 Å². The molecule has 1 atom stereocenters. The van der Waals surface area contributed by atoms with Crippen molar-refractivity contribution in [1.82, 2.24) is 4.98 Å². The third-order valence-corrected chi connectivity index (χ3v) is 4.72. The number of methoxy groups -OCH3 is 1. The molecule has 1 aliphatic heterocycles. The number of hydrogen-bond acceptors (Lipinski definition) is 6. The first-order chi connectivity index (χ1) is 13.8. The minimum Gasteiger partial charge on any atom is -0.496 e. The highest BCUT2D eigenvalue weighted by atomic mass is 16.5. The number of nitrogens with zero attached hydrogens (tertiary/aromatic N) is 2. The molecule has 0 saturated carbocycles. The molecule has 7 heteroatoms. The van der Waals surface area contributed by atoms with E-state index in [0.717, 1.165) is 11.3 Å². The van der Waals surface area contributed by atoms with Gasteiger partial charge in [0.2, 0.25) is 11.8 Å². The van der Waals surface area contributed by atoms with Crippen molar-refractivity contribution in [1.29, 1.82) is 5.26 Å². The SMILES string of the molecule is C=C(/C(=C\C(C#N)=C/C)OC)[C@@H]1C(C(N)=O)=C(C)Nc2c(C)cnc(OCC)c21. The summed E-state index contributed by atoms with van der Waals surface area (Å²) in [4.78, 5) is 16.8. The van der Waals surface area contributed by atoms with Crippen LogP contribution in [0.25, 0.3) is 0 Å². The second kappa shape index (κ2) is 9.11. The summed E-state index contributed by atoms with van der Waals surface area (Å²) in [6.07, 6.45) is 4.96. The molecule has 2 heterocycles. The Balaban J connectivity index is 2.80. The number of carbonyl (C=O) groups excluding carboxylic acids is 1. The van der Waals surface area contributed by atoms with Crippen LogP contribution in [0.4, 0.5) is 5.69 Å². The number of primary amides is 1. The summed E-state index contributed by atoms with van der Waals surface area (Å²) in [5, 5.41) is 12.5. The highest BCUT2D eigenvalue weighted by molar-refractivity contribution is 5.98. The summed E-state index contributed by atoms with van der Waals surface area (Å²) >= 11 is 0. The lowest BCUT2D eigenvalue weighted by Gasteiger charge is -2.32. The highest BCUT2D eigenvalue weighted by Crippen LogP contribution is 2.48. The molecule has 0 radical (unpaired) electrons. The molecule has 1 amide bonds. The van der Waals surface area contributed by atoms with Gasteiger partial charge < -0.3 is 20.5 Å². The number of pyridine rings is 1. The Bertz CT molecular complexity index is 981. The number of amides is 1. The van der Waals surface area contributed by atoms with E-state index in [1.165, 1.54) is 7.11 Å². The lowest BCUT2D eigenvalue weighted by molar-refractivity contribution is -0.114. The van der Waals surface area contributed by atoms with Gasteiger partial charge in [0.15, 0.2) is 0 Å². The number of ether oxygens (including phenoxy) is 2. The van der Waals surface area contributed by atoms with Gasteiger partial charge in [-0.25, -0.2) is 4.98 Å². The molecule has 29 heavy (non-hydrogen) atoms. The maximum Gasteiger partial charge on any atom is 0.247 e. The van der Waals surface area contributed by atoms with Crippen LogP contribution >= 0.6 is 0 Å². The molecule has 0 saturated heterocycles. The first-order valence-corrected chi connectivity index (χ1v) is 9.21. The van der Waals surface area contributed by atoms with Gasteiger partial charge in [0.1, 0.15) is 5.76 Å². The zero-order chi connectivity index (χ0) is 21.7. The molecule has 0 aliphatic carbocycles. The lowest BCUT2D eigenvalue weighted by atomic mass is 9.79. The van der Waals surface area contributed by atoms with Gasteiger partial charge in [-0.1, -0.05) is 12.7 Å². The molecule has 2 rings (SSSR count). The predicted octanol–water partition coefficient (Wildman–Crippen LogP) is 3.61. The Morgan fingerprint density at radius 1 is 1.48 bits per heavy atom. The maximum absolute atomic E-state index is 12.4. The Kier molecular flexibility index (Phi) is 6.84. The van der Waals surface area contributed by atoms with Crippen molar-refractivity contribution in [3.63, 3.8) is 0 Å². The number of nitriles is 1. The smallest absolute Gasteiger partial charge is 0.247 e. The average molecular weight is 394 g/mol. The minimum absolute atomic E-state index is 0.345. The monoisotopic (exact) mass is 394 g/mol. The molecular weight excluding hydrogens is 368 g/mol. The number of rotatable bonds is 7. The van der Waals surface area contributed by atoms with Crippen LogP contribution in [0.1, 0.15) is 37.8 Å². The van der Waals surface area contributed by atoms with E-state index >= 15 is 0 Å². The number of carbonyl (C=O) groups is 1. The molecule has 0 bridgehead atoms. The highest BCUT2D eigenvalue weighted by Gasteiger charge is 2.37. The fraction of sp³-hybridized carbons (Fsp3) is 0.318. The quantitative estimate of drug-likeness (QED) is 0.415. The second-order valence-corrected chi connectivity index (χ2v) is 6.52. The minimum atomic E-state index is -0.638. The van der Waals surface area contributed by atoms with Crippen LogP contribution in [-0.4, -0.2) is 24.6 Å². The van der Waals surface area contributed by atoms with E-state index in [0.29, 0.717) is 46.2 Å². The normalized spacial score (nSPS) is 16.5. The van der Waals surface area contributed by atoms with Crippen LogP contribution in [0.5, 0.6) is 5.88 Å². The number of allylic oxidation sites excluding steroid dienone is 5. The Hall–Kier alpha value is -3.53. The molecule has 0 spiro atoms. The number of aryl methyl sites for hydroxylation is 1. The summed E-state index contributed by atoms with van der Waals surface area (Å²) in [5.41, 5.74) is 9.93. The molecular formula is C22H26N4O3. The number of nitrogens with two attached hydrogens (primary N) is 1. The van der Waals surface area contributed by atoms with Gasteiger partial charge in [0.25, 0.3) is 0 Å². The first-order valence-electron chi connectivity index (χ1n) is 9.21. The van der Waals surface area contributed by atoms with E-state index in [1.807, 2.05) is 13.8 Å². The van der Waals surface area contributed by atoms with E-state index in [4.69, 9.17) is 15.2 Å². The van der Waals surface area contributed by atoms with E-state index in [9.17, 15) is 10.1 Å². The molecule has 1 aromatic rings. The molecule has 1 aromatic heterocycles. The lowest BCUT2D eigenvalue weighted by Crippen LogP contribution is -2.29. The maximum atomic E-state index is 12.4. The van der Waals surface area contributed by atoms with Crippen molar-refractivity contribution in [2.24, 2.45) is 5.73 Å². The van der Waals surface area contributed by atoms with Crippen LogP contribution in [0, 0.1) is 18.3 Å². The van der Waals surface area contributed by atoms with Gasteiger partial charge >= 0.3 is 0 Å². The summed E-state index contributed by atoms with van der Waals surface area (Å²) in [7, 11) is 1.49. The van der Waals surface area contributed by atoms with Crippen molar-refractivity contribution >= 4 is 11.6 Å². The standard InChI is InChI=1S/C22H26N4O3/c1-7-15(10-23)9-16(28-6)13(4)17-18(21(24)27)14(5)26-20-12(3)11-25-22(19(17)20)29-8-2/h7,9,11,17,26H,4,8H2,1-3,5-6H3,(H2,24,27)/b15-7+,16-9+/t17-/m1/s1. The summed E-state index contributed by atoms with van der Waals surface area (Å²) < 4.78 is 11.3. The molecule has 152 valence electrons. The summed E-state index contributed by atoms with van der Waals surface area (Å²) in [6, 6.07) is 2.09. The number of fused-ring (bicyclic) bond motifs is 1. The van der Waals surface area contributed by atoms with E-state index < -0.39 is 11.8 Å². The average Bonchev–Trinajstić information content (AvgIpc) is 2.69. The van der Waals surface area contributed by atoms with Gasteiger partial charge in [-0.3, -0.25) is 4.79 Å². The second-order valence-electron chi connectivity index (χ2n) is 6.52. The molecule has 7 nitrogen and oxygen atoms in total. The van der Waals surface area contributed by atoms with Crippen LogP contribution in [-0.2, 0) is 9.53 Å². The van der Waals surface area contributed by atoms with E-state index in [2.05, 4.69) is 22.9 Å². The number of nitrogens with one attached hydrogen (secondary N) is 1. The van der Waals surface area contributed by atoms with Gasteiger partial charge in [-0.2, -0.15) is 5.26 Å². The van der Waals surface area contributed by atoms with Crippen LogP contribution in [0.2, 0.25) is 0 Å². The van der Waals surface area contributed by atoms with E-state index in [1.54, 1.807) is 32.2 Å². The van der Waals surface area contributed by atoms with Crippen molar-refractivity contribution < 1.29 is 14.3 Å². The Labute approximate surface area is 171 Å². The van der Waals surface area contributed by atoms with Crippen molar-refractivity contribution in [2.75, 3.05) is 19.0 Å². The van der Waals surface area contributed by atoms with Crippen molar-refractivity contribution in [3.8, 4) is 11.9 Å². The van der Waals surface area contributed by atoms with Gasteiger partial charge in [0.05, 0.1) is 42.5 Å². The summed E-state index contributed by atoms with van der Waals surface area (Å²) in [6.45, 7) is 11.9. The fourth-order valence-electron chi connectivity index (χ4n) is 3.33. The van der Waals surface area contributed by atoms with Crippen LogP contribution < -0.4 is 15.8 Å². The Morgan fingerprint density at radius 2 is 2.17 bits per heavy atom. The van der Waals surface area contributed by atoms with E-state index in [-0.39, 0.29) is 0 Å². The van der Waals surface area contributed by atoms with Crippen LogP contribution in [0.3, 0.4) is 0 Å². The molecule has 0 aromatic carbocycles. The number of anilines is 1. The fourth-order valence-corrected chi connectivity index (χ4v) is 3.33. The largest absolute Gasteiger partial charge is 0.496 e. The van der Waals surface area contributed by atoms with Gasteiger partial charge in [-0.05, 0) is 44.9 Å². The van der Waals surface area contributed by atoms with Crippen molar-refractivity contribution in [2.45, 2.75) is 33.6 Å². The third-order valence-electron chi connectivity index (χ3n) is 4.72. The van der Waals surface area contributed by atoms with Gasteiger partial charge in [0, 0.05) is 17.5 Å².